The molecule has 1 atom stereocenters. The summed E-state index contributed by atoms with van der Waals surface area (Å²) in [6.45, 7) is 10.5. The van der Waals surface area contributed by atoms with E-state index in [1.807, 2.05) is 6.92 Å². The molecule has 2 aromatic rings. The first-order valence-corrected chi connectivity index (χ1v) is 12.9. The van der Waals surface area contributed by atoms with Gasteiger partial charge in [0.05, 0.1) is 21.3 Å². The largest absolute Gasteiger partial charge is 0.496 e. The smallest absolute Gasteiger partial charge is 0.193 e. The number of allylic oxidation sites excluding steroid dienone is 4. The Bertz CT molecular complexity index is 1210. The molecule has 0 saturated carbocycles. The highest BCUT2D eigenvalue weighted by Crippen LogP contribution is 2.42. The number of ketones is 1. The maximum atomic E-state index is 13.7. The second-order valence-electron chi connectivity index (χ2n) is 9.43. The first-order valence-electron chi connectivity index (χ1n) is 12.9. The van der Waals surface area contributed by atoms with Crippen LogP contribution in [0, 0.1) is 5.92 Å². The average molecular weight is 555 g/mol. The van der Waals surface area contributed by atoms with E-state index in [2.05, 4.69) is 26.5 Å². The normalized spacial score (nSPS) is 11.6. The highest BCUT2D eigenvalue weighted by Gasteiger charge is 2.26. The van der Waals surface area contributed by atoms with Crippen molar-refractivity contribution in [2.45, 2.75) is 33.6 Å². The second-order valence-corrected chi connectivity index (χ2v) is 9.43. The summed E-state index contributed by atoms with van der Waals surface area (Å²) in [6, 6.07) is 6.98. The standard InChI is InChI=1S/C32H42O8/c1-21(2)10-11-24(22(3)4)16-26-29(36-7)18-30(37-8)31(32(26)38-9)27(33)15-13-23-12-14-25(39-19-34-5)17-28(23)40-20-35-6/h10,12-15,17-18,24H,3,11,16,19-20H2,1-2,4-9H3/b15-13+. The molecule has 2 aromatic carbocycles. The molecule has 8 heteroatoms. The highest BCUT2D eigenvalue weighted by molar-refractivity contribution is 6.11. The average Bonchev–Trinajstić information content (AvgIpc) is 2.94. The van der Waals surface area contributed by atoms with Crippen LogP contribution < -0.4 is 23.7 Å². The van der Waals surface area contributed by atoms with Gasteiger partial charge in [0.15, 0.2) is 19.4 Å². The summed E-state index contributed by atoms with van der Waals surface area (Å²) in [6.07, 6.45) is 6.71. The molecular formula is C32H42O8. The fourth-order valence-electron chi connectivity index (χ4n) is 4.10. The van der Waals surface area contributed by atoms with Crippen molar-refractivity contribution in [3.05, 3.63) is 70.8 Å². The lowest BCUT2D eigenvalue weighted by molar-refractivity contribution is 0.0459. The predicted molar refractivity (Wildman–Crippen MR) is 157 cm³/mol. The fourth-order valence-corrected chi connectivity index (χ4v) is 4.10. The summed E-state index contributed by atoms with van der Waals surface area (Å²) in [5.41, 5.74) is 4.01. The molecule has 0 N–H and O–H groups in total. The quantitative estimate of drug-likeness (QED) is 0.0929. The minimum Gasteiger partial charge on any atom is -0.496 e. The van der Waals surface area contributed by atoms with E-state index in [0.717, 1.165) is 17.6 Å². The van der Waals surface area contributed by atoms with Gasteiger partial charge in [-0.3, -0.25) is 4.79 Å². The van der Waals surface area contributed by atoms with E-state index in [4.69, 9.17) is 33.2 Å². The molecule has 8 nitrogen and oxygen atoms in total. The van der Waals surface area contributed by atoms with Gasteiger partial charge in [0.1, 0.15) is 34.3 Å². The summed E-state index contributed by atoms with van der Waals surface area (Å²) < 4.78 is 38.4. The van der Waals surface area contributed by atoms with Gasteiger partial charge >= 0.3 is 0 Å². The van der Waals surface area contributed by atoms with Crippen LogP contribution in [0.3, 0.4) is 0 Å². The Labute approximate surface area is 238 Å². The Balaban J connectivity index is 2.55. The molecule has 0 bridgehead atoms. The van der Waals surface area contributed by atoms with E-state index >= 15 is 0 Å². The summed E-state index contributed by atoms with van der Waals surface area (Å²) in [5.74, 6) is 2.21. The fraction of sp³-hybridized carbons (Fsp3) is 0.406. The molecule has 0 radical (unpaired) electrons. The van der Waals surface area contributed by atoms with Crippen molar-refractivity contribution in [1.29, 1.82) is 0 Å². The third-order valence-corrected chi connectivity index (χ3v) is 6.23. The molecule has 218 valence electrons. The maximum absolute atomic E-state index is 13.7. The maximum Gasteiger partial charge on any atom is 0.193 e. The van der Waals surface area contributed by atoms with E-state index in [9.17, 15) is 4.79 Å². The van der Waals surface area contributed by atoms with Gasteiger partial charge in [-0.1, -0.05) is 23.8 Å². The lowest BCUT2D eigenvalue weighted by atomic mass is 9.87. The van der Waals surface area contributed by atoms with Crippen LogP contribution in [0.15, 0.2) is 54.1 Å². The molecule has 0 amide bonds. The molecule has 0 aliphatic heterocycles. The molecule has 0 heterocycles. The van der Waals surface area contributed by atoms with Crippen LogP contribution in [-0.2, 0) is 15.9 Å². The Morgan fingerprint density at radius 2 is 1.55 bits per heavy atom. The number of hydrogen-bond acceptors (Lipinski definition) is 8. The summed E-state index contributed by atoms with van der Waals surface area (Å²) in [4.78, 5) is 13.7. The van der Waals surface area contributed by atoms with Gasteiger partial charge in [0.2, 0.25) is 0 Å². The number of carbonyl (C=O) groups excluding carboxylic acids is 1. The van der Waals surface area contributed by atoms with Crippen molar-refractivity contribution < 1.29 is 38.0 Å². The molecule has 0 spiro atoms. The minimum absolute atomic E-state index is 0.0304. The number of methoxy groups -OCH3 is 5. The zero-order valence-electron chi connectivity index (χ0n) is 24.9. The summed E-state index contributed by atoms with van der Waals surface area (Å²) in [7, 11) is 7.71. The topological polar surface area (TPSA) is 81.7 Å². The first kappa shape index (κ1) is 32.5. The molecule has 0 saturated heterocycles. The van der Waals surface area contributed by atoms with Crippen LogP contribution in [0.25, 0.3) is 6.08 Å². The number of ether oxygens (including phenoxy) is 7. The van der Waals surface area contributed by atoms with Crippen LogP contribution in [0.1, 0.15) is 48.7 Å². The zero-order valence-corrected chi connectivity index (χ0v) is 24.9. The van der Waals surface area contributed by atoms with Crippen LogP contribution in [0.4, 0.5) is 0 Å². The third-order valence-electron chi connectivity index (χ3n) is 6.23. The van der Waals surface area contributed by atoms with Gasteiger partial charge in [-0.2, -0.15) is 0 Å². The van der Waals surface area contributed by atoms with Crippen molar-refractivity contribution in [3.63, 3.8) is 0 Å². The van der Waals surface area contributed by atoms with Gasteiger partial charge in [0, 0.05) is 37.5 Å². The highest BCUT2D eigenvalue weighted by atomic mass is 16.7. The Morgan fingerprint density at radius 3 is 2.12 bits per heavy atom. The number of carbonyl (C=O) groups is 1. The molecule has 1 unspecified atom stereocenters. The van der Waals surface area contributed by atoms with Gasteiger partial charge < -0.3 is 33.2 Å². The van der Waals surface area contributed by atoms with Crippen molar-refractivity contribution >= 4 is 11.9 Å². The number of hydrogen-bond donors (Lipinski definition) is 0. The predicted octanol–water partition coefficient (Wildman–Crippen LogP) is 6.67. The lowest BCUT2D eigenvalue weighted by Gasteiger charge is -2.22. The molecular weight excluding hydrogens is 512 g/mol. The van der Waals surface area contributed by atoms with Crippen molar-refractivity contribution in [3.8, 4) is 28.7 Å². The molecule has 0 aliphatic rings. The molecule has 0 aromatic heterocycles. The monoisotopic (exact) mass is 554 g/mol. The zero-order chi connectivity index (χ0) is 29.7. The molecule has 0 fully saturated rings. The third kappa shape index (κ3) is 8.89. The van der Waals surface area contributed by atoms with Crippen LogP contribution in [0.5, 0.6) is 28.7 Å². The van der Waals surface area contributed by atoms with E-state index in [1.165, 1.54) is 25.9 Å². The lowest BCUT2D eigenvalue weighted by Crippen LogP contribution is -2.11. The number of rotatable bonds is 17. The van der Waals surface area contributed by atoms with Crippen LogP contribution in [-0.4, -0.2) is 54.9 Å². The van der Waals surface area contributed by atoms with E-state index in [1.54, 1.807) is 51.7 Å². The molecule has 0 aliphatic carbocycles. The van der Waals surface area contributed by atoms with Gasteiger partial charge in [-0.25, -0.2) is 0 Å². The van der Waals surface area contributed by atoms with E-state index < -0.39 is 0 Å². The summed E-state index contributed by atoms with van der Waals surface area (Å²) >= 11 is 0. The summed E-state index contributed by atoms with van der Waals surface area (Å²) in [5, 5.41) is 0. The van der Waals surface area contributed by atoms with Crippen LogP contribution in [0.2, 0.25) is 0 Å². The van der Waals surface area contributed by atoms with Crippen molar-refractivity contribution in [2.75, 3.05) is 49.1 Å². The van der Waals surface area contributed by atoms with Crippen molar-refractivity contribution in [1.82, 2.24) is 0 Å². The van der Waals surface area contributed by atoms with Gasteiger partial charge in [-0.15, -0.1) is 0 Å². The molecule has 40 heavy (non-hydrogen) atoms. The van der Waals surface area contributed by atoms with Crippen LogP contribution >= 0.6 is 0 Å². The Hall–Kier alpha value is -3.75. The SMILES string of the molecule is C=C(C)C(CC=C(C)C)Cc1c(OC)cc(OC)c(C(=O)/C=C/c2ccc(OCOC)cc2OCOC)c1OC. The number of benzene rings is 2. The Kier molecular flexibility index (Phi) is 13.3. The minimum atomic E-state index is -0.300. The van der Waals surface area contributed by atoms with Gasteiger partial charge in [0.25, 0.3) is 0 Å². The Morgan fingerprint density at radius 1 is 0.875 bits per heavy atom. The molecule has 2 rings (SSSR count). The second kappa shape index (κ2) is 16.4. The van der Waals surface area contributed by atoms with Crippen molar-refractivity contribution in [2.24, 2.45) is 5.92 Å². The van der Waals surface area contributed by atoms with E-state index in [-0.39, 0.29) is 25.3 Å². The van der Waals surface area contributed by atoms with Gasteiger partial charge in [-0.05, 0) is 63.8 Å². The first-order chi connectivity index (χ1) is 19.2. The van der Waals surface area contributed by atoms with E-state index in [0.29, 0.717) is 46.3 Å².